The molecule has 0 radical (unpaired) electrons. The number of halogens is 1. The van der Waals surface area contributed by atoms with Crippen LogP contribution in [0.25, 0.3) is 11.1 Å². The summed E-state index contributed by atoms with van der Waals surface area (Å²) in [6.07, 6.45) is 0. The van der Waals surface area contributed by atoms with E-state index in [1.54, 1.807) is 7.11 Å². The van der Waals surface area contributed by atoms with Crippen molar-refractivity contribution in [2.45, 2.75) is 13.5 Å². The average molecular weight is 276 g/mol. The molecule has 0 unspecified atom stereocenters. The van der Waals surface area contributed by atoms with Crippen LogP contribution < -0.4 is 10.1 Å². The van der Waals surface area contributed by atoms with Crippen LogP contribution in [0.4, 0.5) is 0 Å². The van der Waals surface area contributed by atoms with Crippen molar-refractivity contribution in [3.63, 3.8) is 0 Å². The molecule has 0 saturated carbocycles. The fourth-order valence-corrected chi connectivity index (χ4v) is 2.20. The van der Waals surface area contributed by atoms with E-state index in [2.05, 4.69) is 36.5 Å². The van der Waals surface area contributed by atoms with Crippen molar-refractivity contribution in [3.05, 3.63) is 53.1 Å². The zero-order valence-electron chi connectivity index (χ0n) is 11.2. The largest absolute Gasteiger partial charge is 0.496 e. The number of hydrogen-bond acceptors (Lipinski definition) is 2. The molecule has 2 nitrogen and oxygen atoms in total. The predicted molar refractivity (Wildman–Crippen MR) is 80.8 cm³/mol. The molecule has 0 bridgehead atoms. The molecule has 0 aromatic heterocycles. The van der Waals surface area contributed by atoms with Crippen LogP contribution in [-0.2, 0) is 6.54 Å². The van der Waals surface area contributed by atoms with Crippen LogP contribution in [0.3, 0.4) is 0 Å². The van der Waals surface area contributed by atoms with Gasteiger partial charge in [-0.25, -0.2) is 0 Å². The molecule has 2 rings (SSSR count). The second-order valence-corrected chi connectivity index (χ2v) is 4.76. The minimum Gasteiger partial charge on any atom is -0.496 e. The Bertz CT molecular complexity index is 554. The lowest BCUT2D eigenvalue weighted by Gasteiger charge is -2.11. The van der Waals surface area contributed by atoms with Gasteiger partial charge in [-0.2, -0.15) is 0 Å². The Morgan fingerprint density at radius 1 is 1.16 bits per heavy atom. The number of ether oxygens (including phenoxy) is 1. The van der Waals surface area contributed by atoms with E-state index in [-0.39, 0.29) is 0 Å². The van der Waals surface area contributed by atoms with Gasteiger partial charge in [0.05, 0.1) is 7.11 Å². The van der Waals surface area contributed by atoms with E-state index < -0.39 is 0 Å². The first-order valence-corrected chi connectivity index (χ1v) is 6.76. The molecule has 100 valence electrons. The molecule has 2 aromatic carbocycles. The zero-order valence-corrected chi connectivity index (χ0v) is 12.0. The monoisotopic (exact) mass is 275 g/mol. The Kier molecular flexibility index (Phi) is 4.83. The van der Waals surface area contributed by atoms with Crippen LogP contribution in [0.2, 0.25) is 5.02 Å². The Morgan fingerprint density at radius 2 is 2.00 bits per heavy atom. The van der Waals surface area contributed by atoms with Crippen molar-refractivity contribution in [3.8, 4) is 16.9 Å². The maximum absolute atomic E-state index is 6.08. The first kappa shape index (κ1) is 13.9. The van der Waals surface area contributed by atoms with Crippen LogP contribution in [0.1, 0.15) is 12.5 Å². The van der Waals surface area contributed by atoms with E-state index in [1.807, 2.05) is 18.2 Å². The fraction of sp³-hybridized carbons (Fsp3) is 0.250. The highest BCUT2D eigenvalue weighted by Gasteiger charge is 2.07. The van der Waals surface area contributed by atoms with E-state index >= 15 is 0 Å². The van der Waals surface area contributed by atoms with E-state index in [0.29, 0.717) is 5.02 Å². The summed E-state index contributed by atoms with van der Waals surface area (Å²) in [6, 6.07) is 14.1. The number of rotatable bonds is 5. The molecule has 0 fully saturated rings. The Morgan fingerprint density at radius 3 is 2.74 bits per heavy atom. The first-order chi connectivity index (χ1) is 9.24. The van der Waals surface area contributed by atoms with Gasteiger partial charge >= 0.3 is 0 Å². The molecule has 3 heteroatoms. The lowest BCUT2D eigenvalue weighted by Crippen LogP contribution is -2.11. The Labute approximate surface area is 119 Å². The van der Waals surface area contributed by atoms with Gasteiger partial charge in [0.1, 0.15) is 5.75 Å². The van der Waals surface area contributed by atoms with Gasteiger partial charge in [-0.3, -0.25) is 0 Å². The van der Waals surface area contributed by atoms with Crippen LogP contribution in [0.5, 0.6) is 5.75 Å². The van der Waals surface area contributed by atoms with Crippen molar-refractivity contribution in [2.24, 2.45) is 0 Å². The van der Waals surface area contributed by atoms with Gasteiger partial charge in [0.15, 0.2) is 0 Å². The highest BCUT2D eigenvalue weighted by Crippen LogP contribution is 2.32. The van der Waals surface area contributed by atoms with Gasteiger partial charge in [-0.05, 0) is 41.9 Å². The molecule has 0 atom stereocenters. The lowest BCUT2D eigenvalue weighted by molar-refractivity contribution is 0.416. The van der Waals surface area contributed by atoms with Crippen LogP contribution >= 0.6 is 11.6 Å². The number of methoxy groups -OCH3 is 1. The molecule has 2 aromatic rings. The molecular weight excluding hydrogens is 258 g/mol. The second kappa shape index (κ2) is 6.60. The molecule has 0 aliphatic rings. The number of benzene rings is 2. The van der Waals surface area contributed by atoms with E-state index in [0.717, 1.165) is 30.0 Å². The standard InChI is InChI=1S/C16H18ClNO/c1-3-18-11-12-5-4-6-13(9-12)15-10-14(17)7-8-16(15)19-2/h4-10,18H,3,11H2,1-2H3. The molecule has 1 N–H and O–H groups in total. The molecule has 0 amide bonds. The third-order valence-corrected chi connectivity index (χ3v) is 3.21. The van der Waals surface area contributed by atoms with Gasteiger partial charge in [0, 0.05) is 17.1 Å². The Hall–Kier alpha value is -1.51. The molecular formula is C16H18ClNO. The average Bonchev–Trinajstić information content (AvgIpc) is 2.45. The fourth-order valence-electron chi connectivity index (χ4n) is 2.02. The van der Waals surface area contributed by atoms with Gasteiger partial charge in [-0.15, -0.1) is 0 Å². The topological polar surface area (TPSA) is 21.3 Å². The summed E-state index contributed by atoms with van der Waals surface area (Å²) in [5.41, 5.74) is 3.39. The van der Waals surface area contributed by atoms with Gasteiger partial charge < -0.3 is 10.1 Å². The van der Waals surface area contributed by atoms with Crippen molar-refractivity contribution >= 4 is 11.6 Å². The quantitative estimate of drug-likeness (QED) is 0.886. The molecule has 0 aliphatic carbocycles. The van der Waals surface area contributed by atoms with Crippen molar-refractivity contribution in [1.82, 2.24) is 5.32 Å². The Balaban J connectivity index is 2.38. The highest BCUT2D eigenvalue weighted by molar-refractivity contribution is 6.31. The smallest absolute Gasteiger partial charge is 0.126 e. The normalized spacial score (nSPS) is 10.5. The van der Waals surface area contributed by atoms with Crippen molar-refractivity contribution in [2.75, 3.05) is 13.7 Å². The third kappa shape index (κ3) is 3.49. The number of nitrogens with one attached hydrogen (secondary N) is 1. The second-order valence-electron chi connectivity index (χ2n) is 4.33. The van der Waals surface area contributed by atoms with E-state index in [1.165, 1.54) is 5.56 Å². The maximum Gasteiger partial charge on any atom is 0.126 e. The first-order valence-electron chi connectivity index (χ1n) is 6.38. The lowest BCUT2D eigenvalue weighted by atomic mass is 10.0. The predicted octanol–water partition coefficient (Wildman–Crippen LogP) is 4.13. The summed E-state index contributed by atoms with van der Waals surface area (Å²) in [7, 11) is 1.68. The summed E-state index contributed by atoms with van der Waals surface area (Å²) in [6.45, 7) is 3.93. The third-order valence-electron chi connectivity index (χ3n) is 2.98. The van der Waals surface area contributed by atoms with Crippen LogP contribution in [-0.4, -0.2) is 13.7 Å². The molecule has 19 heavy (non-hydrogen) atoms. The molecule has 0 spiro atoms. The minimum atomic E-state index is 0.716. The highest BCUT2D eigenvalue weighted by atomic mass is 35.5. The summed E-state index contributed by atoms with van der Waals surface area (Å²) < 4.78 is 5.40. The number of hydrogen-bond donors (Lipinski definition) is 1. The SMILES string of the molecule is CCNCc1cccc(-c2cc(Cl)ccc2OC)c1. The van der Waals surface area contributed by atoms with Crippen LogP contribution in [0.15, 0.2) is 42.5 Å². The van der Waals surface area contributed by atoms with E-state index in [9.17, 15) is 0 Å². The maximum atomic E-state index is 6.08. The zero-order chi connectivity index (χ0) is 13.7. The van der Waals surface area contributed by atoms with E-state index in [4.69, 9.17) is 16.3 Å². The van der Waals surface area contributed by atoms with Crippen LogP contribution in [0, 0.1) is 0 Å². The summed E-state index contributed by atoms with van der Waals surface area (Å²) in [5, 5.41) is 4.04. The summed E-state index contributed by atoms with van der Waals surface area (Å²) >= 11 is 6.08. The minimum absolute atomic E-state index is 0.716. The van der Waals surface area contributed by atoms with Crippen molar-refractivity contribution < 1.29 is 4.74 Å². The molecule has 0 saturated heterocycles. The van der Waals surface area contributed by atoms with Gasteiger partial charge in [-0.1, -0.05) is 36.7 Å². The van der Waals surface area contributed by atoms with Gasteiger partial charge in [0.25, 0.3) is 0 Å². The summed E-state index contributed by atoms with van der Waals surface area (Å²) in [4.78, 5) is 0. The van der Waals surface area contributed by atoms with Crippen molar-refractivity contribution in [1.29, 1.82) is 0 Å². The summed E-state index contributed by atoms with van der Waals surface area (Å²) in [5.74, 6) is 0.838. The molecule has 0 aliphatic heterocycles. The van der Waals surface area contributed by atoms with Gasteiger partial charge in [0.2, 0.25) is 0 Å². The molecule has 0 heterocycles.